The monoisotopic (exact) mass is 417 g/mol. The highest BCUT2D eigenvalue weighted by molar-refractivity contribution is 5.95. The SMILES string of the molecule is Cc1ccc(C)n1-c1ccc(C(=O)N/N=C\c2cc(C(C)C)c(O)c(C(C)C)c2)cc1. The Balaban J connectivity index is 1.75. The first-order chi connectivity index (χ1) is 14.7. The molecule has 5 nitrogen and oxygen atoms in total. The van der Waals surface area contributed by atoms with Crippen LogP contribution in [0.3, 0.4) is 0 Å². The molecule has 1 amide bonds. The van der Waals surface area contributed by atoms with E-state index in [-0.39, 0.29) is 17.7 Å². The smallest absolute Gasteiger partial charge is 0.271 e. The van der Waals surface area contributed by atoms with Gasteiger partial charge in [-0.1, -0.05) is 27.7 Å². The van der Waals surface area contributed by atoms with Crippen LogP contribution in [0.5, 0.6) is 5.75 Å². The van der Waals surface area contributed by atoms with Gasteiger partial charge in [0.1, 0.15) is 5.75 Å². The summed E-state index contributed by atoms with van der Waals surface area (Å²) in [7, 11) is 0. The van der Waals surface area contributed by atoms with Crippen LogP contribution in [-0.4, -0.2) is 21.8 Å². The molecule has 0 atom stereocenters. The second kappa shape index (κ2) is 9.21. The molecule has 0 bridgehead atoms. The molecule has 0 spiro atoms. The summed E-state index contributed by atoms with van der Waals surface area (Å²) in [6.45, 7) is 12.3. The van der Waals surface area contributed by atoms with Gasteiger partial charge in [-0.15, -0.1) is 0 Å². The Labute approximate surface area is 184 Å². The molecule has 2 N–H and O–H groups in total. The average Bonchev–Trinajstić information content (AvgIpc) is 3.06. The third-order valence-corrected chi connectivity index (χ3v) is 5.47. The number of aryl methyl sites for hydroxylation is 2. The summed E-state index contributed by atoms with van der Waals surface area (Å²) in [6.07, 6.45) is 1.62. The predicted octanol–water partition coefficient (Wildman–Crippen LogP) is 5.81. The highest BCUT2D eigenvalue weighted by Gasteiger charge is 2.14. The van der Waals surface area contributed by atoms with E-state index in [1.807, 2.05) is 52.0 Å². The number of amides is 1. The van der Waals surface area contributed by atoms with Crippen LogP contribution in [-0.2, 0) is 0 Å². The quantitative estimate of drug-likeness (QED) is 0.392. The Hall–Kier alpha value is -3.34. The lowest BCUT2D eigenvalue weighted by Gasteiger charge is -2.16. The number of hydrogen-bond donors (Lipinski definition) is 2. The molecule has 0 fully saturated rings. The number of hydrazone groups is 1. The Morgan fingerprint density at radius 2 is 1.45 bits per heavy atom. The molecule has 31 heavy (non-hydrogen) atoms. The summed E-state index contributed by atoms with van der Waals surface area (Å²) in [6, 6.07) is 15.4. The minimum Gasteiger partial charge on any atom is -0.507 e. The second-order valence-corrected chi connectivity index (χ2v) is 8.55. The third kappa shape index (κ3) is 4.88. The first-order valence-electron chi connectivity index (χ1n) is 10.6. The van der Waals surface area contributed by atoms with Crippen molar-refractivity contribution in [2.75, 3.05) is 0 Å². The molecule has 2 aromatic carbocycles. The highest BCUT2D eigenvalue weighted by atomic mass is 16.3. The van der Waals surface area contributed by atoms with E-state index in [1.54, 1.807) is 18.3 Å². The van der Waals surface area contributed by atoms with Crippen molar-refractivity contribution >= 4 is 12.1 Å². The molecule has 0 unspecified atom stereocenters. The van der Waals surface area contributed by atoms with E-state index in [0.717, 1.165) is 33.8 Å². The molecule has 0 saturated heterocycles. The van der Waals surface area contributed by atoms with Crippen LogP contribution >= 0.6 is 0 Å². The number of phenols is 1. The van der Waals surface area contributed by atoms with Crippen molar-refractivity contribution in [3.8, 4) is 11.4 Å². The van der Waals surface area contributed by atoms with Gasteiger partial charge in [-0.3, -0.25) is 4.79 Å². The summed E-state index contributed by atoms with van der Waals surface area (Å²) in [5.74, 6) is 0.452. The minimum atomic E-state index is -0.268. The predicted molar refractivity (Wildman–Crippen MR) is 127 cm³/mol. The van der Waals surface area contributed by atoms with Gasteiger partial charge in [-0.2, -0.15) is 5.10 Å². The number of carbonyl (C=O) groups excluding carboxylic acids is 1. The van der Waals surface area contributed by atoms with Gasteiger partial charge in [0.05, 0.1) is 6.21 Å². The number of nitrogens with one attached hydrogen (secondary N) is 1. The van der Waals surface area contributed by atoms with Gasteiger partial charge >= 0.3 is 0 Å². The van der Waals surface area contributed by atoms with Crippen LogP contribution in [0, 0.1) is 13.8 Å². The Bertz CT molecular complexity index is 1060. The normalized spacial score (nSPS) is 11.6. The van der Waals surface area contributed by atoms with E-state index >= 15 is 0 Å². The Kier molecular flexibility index (Phi) is 6.64. The number of aromatic nitrogens is 1. The van der Waals surface area contributed by atoms with Gasteiger partial charge in [-0.25, -0.2) is 5.43 Å². The van der Waals surface area contributed by atoms with Gasteiger partial charge in [-0.05, 0) is 90.9 Å². The molecular formula is C26H31N3O2. The molecule has 1 heterocycles. The van der Waals surface area contributed by atoms with Gasteiger partial charge in [0.25, 0.3) is 5.91 Å². The van der Waals surface area contributed by atoms with Crippen LogP contribution in [0.25, 0.3) is 5.69 Å². The summed E-state index contributed by atoms with van der Waals surface area (Å²) < 4.78 is 2.14. The van der Waals surface area contributed by atoms with E-state index in [2.05, 4.69) is 41.1 Å². The molecule has 3 rings (SSSR count). The van der Waals surface area contributed by atoms with Gasteiger partial charge in [0.15, 0.2) is 0 Å². The Morgan fingerprint density at radius 3 is 1.94 bits per heavy atom. The Morgan fingerprint density at radius 1 is 0.935 bits per heavy atom. The van der Waals surface area contributed by atoms with E-state index in [0.29, 0.717) is 11.3 Å². The molecule has 162 valence electrons. The molecule has 0 aliphatic heterocycles. The number of aromatic hydroxyl groups is 1. The number of benzene rings is 2. The third-order valence-electron chi connectivity index (χ3n) is 5.47. The highest BCUT2D eigenvalue weighted by Crippen LogP contribution is 2.34. The lowest BCUT2D eigenvalue weighted by atomic mass is 9.92. The van der Waals surface area contributed by atoms with Gasteiger partial charge in [0, 0.05) is 22.6 Å². The minimum absolute atomic E-state index is 0.187. The number of carbonyl (C=O) groups is 1. The summed E-state index contributed by atoms with van der Waals surface area (Å²) in [5, 5.41) is 14.7. The first kappa shape index (κ1) is 22.3. The van der Waals surface area contributed by atoms with Crippen LogP contribution in [0.4, 0.5) is 0 Å². The van der Waals surface area contributed by atoms with Gasteiger partial charge < -0.3 is 9.67 Å². The zero-order valence-electron chi connectivity index (χ0n) is 19.1. The van der Waals surface area contributed by atoms with Crippen molar-refractivity contribution < 1.29 is 9.90 Å². The number of nitrogens with zero attached hydrogens (tertiary/aromatic N) is 2. The second-order valence-electron chi connectivity index (χ2n) is 8.55. The number of hydrogen-bond acceptors (Lipinski definition) is 3. The van der Waals surface area contributed by atoms with Gasteiger partial charge in [0.2, 0.25) is 0 Å². The fourth-order valence-electron chi connectivity index (χ4n) is 3.73. The molecule has 3 aromatic rings. The molecular weight excluding hydrogens is 386 g/mol. The molecule has 0 aliphatic carbocycles. The van der Waals surface area contributed by atoms with Crippen molar-refractivity contribution in [1.29, 1.82) is 0 Å². The van der Waals surface area contributed by atoms with Crippen molar-refractivity contribution in [2.24, 2.45) is 5.10 Å². The fourth-order valence-corrected chi connectivity index (χ4v) is 3.73. The molecule has 5 heteroatoms. The van der Waals surface area contributed by atoms with Crippen molar-refractivity contribution in [3.63, 3.8) is 0 Å². The van der Waals surface area contributed by atoms with E-state index in [9.17, 15) is 9.90 Å². The average molecular weight is 418 g/mol. The zero-order chi connectivity index (χ0) is 22.7. The van der Waals surface area contributed by atoms with E-state index in [1.165, 1.54) is 0 Å². The topological polar surface area (TPSA) is 66.6 Å². The summed E-state index contributed by atoms with van der Waals surface area (Å²) in [4.78, 5) is 12.5. The lowest BCUT2D eigenvalue weighted by molar-refractivity contribution is 0.0955. The first-order valence-corrected chi connectivity index (χ1v) is 10.6. The van der Waals surface area contributed by atoms with Crippen LogP contribution in [0.15, 0.2) is 53.6 Å². The van der Waals surface area contributed by atoms with Crippen molar-refractivity contribution in [2.45, 2.75) is 53.4 Å². The maximum Gasteiger partial charge on any atom is 0.271 e. The standard InChI is InChI=1S/C26H31N3O2/c1-16(2)23-13-20(14-24(17(3)4)25(23)30)15-27-28-26(31)21-9-11-22(12-10-21)29-18(5)7-8-19(29)6/h7-17,30H,1-6H3,(H,28,31)/b27-15-. The van der Waals surface area contributed by atoms with E-state index < -0.39 is 0 Å². The largest absolute Gasteiger partial charge is 0.507 e. The van der Waals surface area contributed by atoms with Crippen LogP contribution in [0.1, 0.15) is 78.0 Å². The molecule has 0 radical (unpaired) electrons. The maximum atomic E-state index is 12.5. The summed E-state index contributed by atoms with van der Waals surface area (Å²) >= 11 is 0. The fraction of sp³-hybridized carbons (Fsp3) is 0.308. The zero-order valence-corrected chi connectivity index (χ0v) is 19.1. The number of rotatable bonds is 6. The number of phenolic OH excluding ortho intramolecular Hbond substituents is 1. The van der Waals surface area contributed by atoms with E-state index in [4.69, 9.17) is 0 Å². The van der Waals surface area contributed by atoms with Crippen molar-refractivity contribution in [3.05, 3.63) is 82.2 Å². The summed E-state index contributed by atoms with van der Waals surface area (Å²) in [5.41, 5.74) is 9.06. The molecule has 1 aromatic heterocycles. The maximum absolute atomic E-state index is 12.5. The molecule has 0 saturated carbocycles. The van der Waals surface area contributed by atoms with Crippen LogP contribution in [0.2, 0.25) is 0 Å². The molecule has 0 aliphatic rings. The lowest BCUT2D eigenvalue weighted by Crippen LogP contribution is -2.17. The van der Waals surface area contributed by atoms with Crippen molar-refractivity contribution in [1.82, 2.24) is 9.99 Å². The van der Waals surface area contributed by atoms with Crippen LogP contribution < -0.4 is 5.43 Å².